The number of rotatable bonds is 6. The van der Waals surface area contributed by atoms with Crippen LogP contribution in [-0.4, -0.2) is 34.9 Å². The van der Waals surface area contributed by atoms with Crippen LogP contribution in [0.3, 0.4) is 0 Å². The van der Waals surface area contributed by atoms with E-state index < -0.39 is 5.54 Å². The largest absolute Gasteiger partial charge is 0.494 e. The molecule has 3 rings (SSSR count). The molecule has 1 heterocycles. The van der Waals surface area contributed by atoms with Crippen molar-refractivity contribution < 1.29 is 14.3 Å². The van der Waals surface area contributed by atoms with E-state index in [-0.39, 0.29) is 17.9 Å². The Balaban J connectivity index is 1.76. The molecule has 0 spiro atoms. The Hall–Kier alpha value is -2.04. The second kappa shape index (κ2) is 8.11. The molecule has 0 aromatic heterocycles. The highest BCUT2D eigenvalue weighted by atomic mass is 16.5. The number of carbonyl (C=O) groups excluding carboxylic acids is 2. The summed E-state index contributed by atoms with van der Waals surface area (Å²) < 4.78 is 5.69. The zero-order valence-corrected chi connectivity index (χ0v) is 15.9. The summed E-state index contributed by atoms with van der Waals surface area (Å²) >= 11 is 0. The minimum atomic E-state index is -0.784. The molecule has 1 aliphatic carbocycles. The summed E-state index contributed by atoms with van der Waals surface area (Å²) in [6, 6.07) is 8.00. The van der Waals surface area contributed by atoms with Crippen molar-refractivity contribution >= 4 is 11.8 Å². The van der Waals surface area contributed by atoms with Gasteiger partial charge < -0.3 is 15.0 Å². The Kier molecular flexibility index (Phi) is 5.84. The lowest BCUT2D eigenvalue weighted by molar-refractivity contribution is -0.141. The quantitative estimate of drug-likeness (QED) is 0.848. The lowest BCUT2D eigenvalue weighted by Gasteiger charge is -2.36. The average molecular weight is 358 g/mol. The van der Waals surface area contributed by atoms with E-state index in [0.29, 0.717) is 26.0 Å². The predicted molar refractivity (Wildman–Crippen MR) is 101 cm³/mol. The van der Waals surface area contributed by atoms with Crippen LogP contribution >= 0.6 is 0 Å². The third kappa shape index (κ3) is 3.87. The van der Waals surface area contributed by atoms with Crippen molar-refractivity contribution in [1.82, 2.24) is 10.2 Å². The van der Waals surface area contributed by atoms with Gasteiger partial charge in [-0.25, -0.2) is 0 Å². The van der Waals surface area contributed by atoms with Crippen LogP contribution in [-0.2, 0) is 16.1 Å². The Morgan fingerprint density at radius 2 is 2.00 bits per heavy atom. The average Bonchev–Trinajstić information content (AvgIpc) is 2.94. The van der Waals surface area contributed by atoms with Crippen molar-refractivity contribution in [2.45, 2.75) is 76.9 Å². The van der Waals surface area contributed by atoms with E-state index in [1.807, 2.05) is 38.1 Å². The van der Waals surface area contributed by atoms with Gasteiger partial charge in [-0.2, -0.15) is 0 Å². The zero-order chi connectivity index (χ0) is 18.6. The summed E-state index contributed by atoms with van der Waals surface area (Å²) in [6.07, 6.45) is 6.68. The first-order valence-corrected chi connectivity index (χ1v) is 9.86. The van der Waals surface area contributed by atoms with Crippen LogP contribution in [0.5, 0.6) is 5.75 Å². The second-order valence-electron chi connectivity index (χ2n) is 7.60. The molecule has 1 aromatic rings. The maximum atomic E-state index is 13.1. The van der Waals surface area contributed by atoms with Crippen LogP contribution in [0.2, 0.25) is 0 Å². The van der Waals surface area contributed by atoms with Crippen molar-refractivity contribution in [2.75, 3.05) is 6.61 Å². The van der Waals surface area contributed by atoms with E-state index >= 15 is 0 Å². The van der Waals surface area contributed by atoms with Gasteiger partial charge in [-0.3, -0.25) is 9.59 Å². The van der Waals surface area contributed by atoms with Gasteiger partial charge in [-0.15, -0.1) is 0 Å². The Bertz CT molecular complexity index is 654. The zero-order valence-electron chi connectivity index (χ0n) is 15.9. The number of hydrogen-bond acceptors (Lipinski definition) is 3. The number of carbonyl (C=O) groups is 2. The predicted octanol–water partition coefficient (Wildman–Crippen LogP) is 3.42. The molecule has 5 heteroatoms. The van der Waals surface area contributed by atoms with Gasteiger partial charge in [0.25, 0.3) is 0 Å². The highest BCUT2D eigenvalue weighted by Crippen LogP contribution is 2.34. The number of likely N-dealkylation sites (tertiary alicyclic amines) is 1. The van der Waals surface area contributed by atoms with Crippen LogP contribution in [0.15, 0.2) is 24.3 Å². The maximum Gasteiger partial charge on any atom is 0.245 e. The fourth-order valence-corrected chi connectivity index (χ4v) is 4.08. The highest BCUT2D eigenvalue weighted by Gasteiger charge is 2.47. The Labute approximate surface area is 156 Å². The van der Waals surface area contributed by atoms with E-state index in [1.54, 1.807) is 4.90 Å². The smallest absolute Gasteiger partial charge is 0.245 e. The molecule has 2 fully saturated rings. The lowest BCUT2D eigenvalue weighted by atomic mass is 9.92. The summed E-state index contributed by atoms with van der Waals surface area (Å²) in [6.45, 7) is 4.83. The van der Waals surface area contributed by atoms with Crippen molar-refractivity contribution in [3.8, 4) is 5.75 Å². The van der Waals surface area contributed by atoms with Gasteiger partial charge in [0.15, 0.2) is 0 Å². The van der Waals surface area contributed by atoms with Gasteiger partial charge in [0.1, 0.15) is 11.3 Å². The summed E-state index contributed by atoms with van der Waals surface area (Å²) in [4.78, 5) is 27.4. The number of nitrogens with zero attached hydrogens (tertiary/aromatic N) is 1. The third-order valence-electron chi connectivity index (χ3n) is 5.75. The van der Waals surface area contributed by atoms with Gasteiger partial charge in [-0.05, 0) is 39.2 Å². The van der Waals surface area contributed by atoms with Crippen molar-refractivity contribution in [1.29, 1.82) is 0 Å². The van der Waals surface area contributed by atoms with Gasteiger partial charge in [0, 0.05) is 18.0 Å². The molecule has 2 amide bonds. The maximum absolute atomic E-state index is 13.1. The molecule has 0 unspecified atom stereocenters. The molecule has 142 valence electrons. The monoisotopic (exact) mass is 358 g/mol. The lowest BCUT2D eigenvalue weighted by Crippen LogP contribution is -2.56. The van der Waals surface area contributed by atoms with Crippen LogP contribution < -0.4 is 10.1 Å². The summed E-state index contributed by atoms with van der Waals surface area (Å²) in [5.74, 6) is 0.812. The molecule has 1 aromatic carbocycles. The number of hydrogen-bond donors (Lipinski definition) is 1. The molecule has 1 saturated carbocycles. The summed E-state index contributed by atoms with van der Waals surface area (Å²) in [7, 11) is 0. The summed E-state index contributed by atoms with van der Waals surface area (Å²) in [5.41, 5.74) is 0.162. The van der Waals surface area contributed by atoms with E-state index in [2.05, 4.69) is 5.32 Å². The molecule has 1 saturated heterocycles. The van der Waals surface area contributed by atoms with Crippen LogP contribution in [0.25, 0.3) is 0 Å². The number of amides is 2. The highest BCUT2D eigenvalue weighted by molar-refractivity contribution is 5.94. The molecule has 1 aliphatic heterocycles. The molecule has 0 bridgehead atoms. The number of benzene rings is 1. The summed E-state index contributed by atoms with van der Waals surface area (Å²) in [5, 5.41) is 3.21. The van der Waals surface area contributed by atoms with Gasteiger partial charge in [0.2, 0.25) is 11.8 Å². The van der Waals surface area contributed by atoms with Crippen LogP contribution in [0, 0.1) is 0 Å². The molecule has 2 aliphatic rings. The van der Waals surface area contributed by atoms with Crippen molar-refractivity contribution in [2.24, 2.45) is 0 Å². The molecule has 1 atom stereocenters. The molecule has 26 heavy (non-hydrogen) atoms. The number of ether oxygens (including phenoxy) is 1. The van der Waals surface area contributed by atoms with E-state index in [4.69, 9.17) is 4.74 Å². The van der Waals surface area contributed by atoms with E-state index in [0.717, 1.165) is 24.2 Å². The fraction of sp³-hybridized carbons (Fsp3) is 0.619. The molecule has 5 nitrogen and oxygen atoms in total. The standard InChI is InChI=1S/C21H30N2O3/c1-3-26-18-12-8-7-9-16(18)15-23-19(24)13-14-21(23,2)20(25)22-17-10-5-4-6-11-17/h7-9,12,17H,3-6,10-11,13-15H2,1-2H3,(H,22,25)/t21-/m1/s1. The fourth-order valence-electron chi connectivity index (χ4n) is 4.08. The second-order valence-corrected chi connectivity index (χ2v) is 7.60. The van der Waals surface area contributed by atoms with Crippen molar-refractivity contribution in [3.63, 3.8) is 0 Å². The molecule has 1 N–H and O–H groups in total. The van der Waals surface area contributed by atoms with Gasteiger partial charge >= 0.3 is 0 Å². The van der Waals surface area contributed by atoms with Crippen LogP contribution in [0.1, 0.15) is 64.4 Å². The number of para-hydroxylation sites is 1. The Morgan fingerprint density at radius 3 is 2.73 bits per heavy atom. The minimum absolute atomic E-state index is 0.0101. The van der Waals surface area contributed by atoms with E-state index in [9.17, 15) is 9.59 Å². The first-order valence-electron chi connectivity index (χ1n) is 9.86. The van der Waals surface area contributed by atoms with Gasteiger partial charge in [0.05, 0.1) is 13.2 Å². The molecular formula is C21H30N2O3. The first-order chi connectivity index (χ1) is 12.5. The first kappa shape index (κ1) is 18.7. The van der Waals surface area contributed by atoms with E-state index in [1.165, 1.54) is 19.3 Å². The SMILES string of the molecule is CCOc1ccccc1CN1C(=O)CC[C@]1(C)C(=O)NC1CCCCC1. The molecular weight excluding hydrogens is 328 g/mol. The molecule has 0 radical (unpaired) electrons. The van der Waals surface area contributed by atoms with Crippen LogP contribution in [0.4, 0.5) is 0 Å². The topological polar surface area (TPSA) is 58.6 Å². The third-order valence-corrected chi connectivity index (χ3v) is 5.75. The van der Waals surface area contributed by atoms with Gasteiger partial charge in [-0.1, -0.05) is 37.5 Å². The normalized spacial score (nSPS) is 23.9. The number of nitrogens with one attached hydrogen (secondary N) is 1. The van der Waals surface area contributed by atoms with Crippen molar-refractivity contribution in [3.05, 3.63) is 29.8 Å². The Morgan fingerprint density at radius 1 is 1.27 bits per heavy atom. The minimum Gasteiger partial charge on any atom is -0.494 e.